The highest BCUT2D eigenvalue weighted by Gasteiger charge is 2.18. The van der Waals surface area contributed by atoms with Gasteiger partial charge in [0.25, 0.3) is 5.91 Å². The van der Waals surface area contributed by atoms with Crippen LogP contribution in [-0.2, 0) is 16.0 Å². The van der Waals surface area contributed by atoms with Crippen molar-refractivity contribution in [2.45, 2.75) is 6.42 Å². The Morgan fingerprint density at radius 1 is 0.882 bits per heavy atom. The molecular formula is C27H29N3O4. The van der Waals surface area contributed by atoms with Gasteiger partial charge in [0, 0.05) is 42.5 Å². The fourth-order valence-corrected chi connectivity index (χ4v) is 3.69. The maximum atomic E-state index is 12.7. The number of hydrogen-bond acceptors (Lipinski definition) is 5. The van der Waals surface area contributed by atoms with Crippen molar-refractivity contribution in [2.75, 3.05) is 50.1 Å². The lowest BCUT2D eigenvalue weighted by Gasteiger charge is -2.27. The van der Waals surface area contributed by atoms with Gasteiger partial charge in [0.15, 0.2) is 0 Å². The van der Waals surface area contributed by atoms with Crippen LogP contribution < -0.4 is 15.4 Å². The molecule has 0 radical (unpaired) electrons. The van der Waals surface area contributed by atoms with Gasteiger partial charge in [-0.05, 0) is 35.9 Å². The standard InChI is InChI=1S/C27H29N3O4/c31-26(29-24-10-4-8-22(18-24)27(32)30-13-16-33-17-14-30)20-28-23-9-5-11-25(19-23)34-15-12-21-6-2-1-3-7-21/h1-11,18-19,28H,12-17,20H2,(H,29,31). The Hall–Kier alpha value is -3.84. The third kappa shape index (κ3) is 6.83. The van der Waals surface area contributed by atoms with E-state index < -0.39 is 0 Å². The third-order valence-corrected chi connectivity index (χ3v) is 5.48. The molecular weight excluding hydrogens is 430 g/mol. The first-order chi connectivity index (χ1) is 16.7. The van der Waals surface area contributed by atoms with Crippen molar-refractivity contribution in [2.24, 2.45) is 0 Å². The van der Waals surface area contributed by atoms with Gasteiger partial charge in [-0.3, -0.25) is 9.59 Å². The Bertz CT molecular complexity index is 1100. The average Bonchev–Trinajstić information content (AvgIpc) is 2.89. The monoisotopic (exact) mass is 459 g/mol. The average molecular weight is 460 g/mol. The summed E-state index contributed by atoms with van der Waals surface area (Å²) in [5.74, 6) is 0.489. The van der Waals surface area contributed by atoms with Crippen LogP contribution in [-0.4, -0.2) is 56.2 Å². The van der Waals surface area contributed by atoms with E-state index in [-0.39, 0.29) is 18.4 Å². The molecule has 2 N–H and O–H groups in total. The molecule has 34 heavy (non-hydrogen) atoms. The minimum absolute atomic E-state index is 0.0541. The van der Waals surface area contributed by atoms with E-state index in [1.54, 1.807) is 29.2 Å². The molecule has 0 unspecified atom stereocenters. The molecule has 1 aliphatic heterocycles. The molecule has 3 aromatic carbocycles. The van der Waals surface area contributed by atoms with Crippen LogP contribution in [0.1, 0.15) is 15.9 Å². The highest BCUT2D eigenvalue weighted by Crippen LogP contribution is 2.18. The van der Waals surface area contributed by atoms with Gasteiger partial charge in [-0.15, -0.1) is 0 Å². The van der Waals surface area contributed by atoms with Crippen LogP contribution >= 0.6 is 0 Å². The fraction of sp³-hybridized carbons (Fsp3) is 0.259. The minimum Gasteiger partial charge on any atom is -0.493 e. The van der Waals surface area contributed by atoms with Gasteiger partial charge in [0.1, 0.15) is 5.75 Å². The Kier molecular flexibility index (Phi) is 8.13. The predicted molar refractivity (Wildman–Crippen MR) is 132 cm³/mol. The smallest absolute Gasteiger partial charge is 0.254 e. The van der Waals surface area contributed by atoms with E-state index in [0.29, 0.717) is 44.2 Å². The molecule has 4 rings (SSSR count). The van der Waals surface area contributed by atoms with E-state index in [4.69, 9.17) is 9.47 Å². The SMILES string of the molecule is O=C(CNc1cccc(OCCc2ccccc2)c1)Nc1cccc(C(=O)N2CCOCC2)c1. The van der Waals surface area contributed by atoms with Crippen molar-refractivity contribution < 1.29 is 19.1 Å². The molecule has 176 valence electrons. The van der Waals surface area contributed by atoms with Crippen LogP contribution in [0.15, 0.2) is 78.9 Å². The summed E-state index contributed by atoms with van der Waals surface area (Å²) in [5.41, 5.74) is 3.16. The van der Waals surface area contributed by atoms with Crippen LogP contribution in [0.5, 0.6) is 5.75 Å². The van der Waals surface area contributed by atoms with Gasteiger partial charge in [-0.25, -0.2) is 0 Å². The molecule has 2 amide bonds. The van der Waals surface area contributed by atoms with E-state index in [1.165, 1.54) is 5.56 Å². The number of hydrogen-bond donors (Lipinski definition) is 2. The van der Waals surface area contributed by atoms with Crippen molar-refractivity contribution in [3.63, 3.8) is 0 Å². The topological polar surface area (TPSA) is 79.9 Å². The van der Waals surface area contributed by atoms with Crippen molar-refractivity contribution in [1.82, 2.24) is 4.90 Å². The van der Waals surface area contributed by atoms with Gasteiger partial charge < -0.3 is 25.0 Å². The van der Waals surface area contributed by atoms with Gasteiger partial charge in [-0.2, -0.15) is 0 Å². The van der Waals surface area contributed by atoms with Gasteiger partial charge >= 0.3 is 0 Å². The van der Waals surface area contributed by atoms with E-state index in [9.17, 15) is 9.59 Å². The first kappa shape index (κ1) is 23.3. The number of morpholine rings is 1. The zero-order chi connectivity index (χ0) is 23.6. The fourth-order valence-electron chi connectivity index (χ4n) is 3.69. The van der Waals surface area contributed by atoms with Crippen LogP contribution in [0.4, 0.5) is 11.4 Å². The summed E-state index contributed by atoms with van der Waals surface area (Å²) < 4.78 is 11.2. The quantitative estimate of drug-likeness (QED) is 0.508. The highest BCUT2D eigenvalue weighted by atomic mass is 16.5. The lowest BCUT2D eigenvalue weighted by atomic mass is 10.1. The van der Waals surface area contributed by atoms with Crippen LogP contribution in [0.3, 0.4) is 0 Å². The summed E-state index contributed by atoms with van der Waals surface area (Å²) in [4.78, 5) is 26.9. The summed E-state index contributed by atoms with van der Waals surface area (Å²) in [5, 5.41) is 5.97. The van der Waals surface area contributed by atoms with Gasteiger partial charge in [0.05, 0.1) is 26.4 Å². The number of carbonyl (C=O) groups is 2. The molecule has 7 nitrogen and oxygen atoms in total. The number of amides is 2. The van der Waals surface area contributed by atoms with Crippen molar-refractivity contribution >= 4 is 23.2 Å². The lowest BCUT2D eigenvalue weighted by Crippen LogP contribution is -2.40. The molecule has 0 spiro atoms. The second kappa shape index (κ2) is 11.9. The molecule has 0 bridgehead atoms. The number of rotatable bonds is 9. The molecule has 1 aliphatic rings. The molecule has 1 fully saturated rings. The van der Waals surface area contributed by atoms with Crippen LogP contribution in [0.2, 0.25) is 0 Å². The number of ether oxygens (including phenoxy) is 2. The molecule has 7 heteroatoms. The van der Waals surface area contributed by atoms with Crippen molar-refractivity contribution in [1.29, 1.82) is 0 Å². The molecule has 1 saturated heterocycles. The molecule has 0 saturated carbocycles. The summed E-state index contributed by atoms with van der Waals surface area (Å²) in [6, 6.07) is 24.7. The number of nitrogens with zero attached hydrogens (tertiary/aromatic N) is 1. The van der Waals surface area contributed by atoms with Gasteiger partial charge in [-0.1, -0.05) is 42.5 Å². The third-order valence-electron chi connectivity index (χ3n) is 5.48. The summed E-state index contributed by atoms with van der Waals surface area (Å²) in [7, 11) is 0. The molecule has 0 atom stereocenters. The van der Waals surface area contributed by atoms with Crippen LogP contribution in [0, 0.1) is 0 Å². The second-order valence-corrected chi connectivity index (χ2v) is 8.00. The normalized spacial score (nSPS) is 13.2. The Morgan fingerprint density at radius 2 is 1.65 bits per heavy atom. The number of anilines is 2. The summed E-state index contributed by atoms with van der Waals surface area (Å²) in [6.45, 7) is 2.92. The molecule has 0 aliphatic carbocycles. The van der Waals surface area contributed by atoms with Crippen molar-refractivity contribution in [3.05, 3.63) is 90.0 Å². The maximum Gasteiger partial charge on any atom is 0.254 e. The lowest BCUT2D eigenvalue weighted by molar-refractivity contribution is -0.114. The number of carbonyl (C=O) groups excluding carboxylic acids is 2. The van der Waals surface area contributed by atoms with Crippen molar-refractivity contribution in [3.8, 4) is 5.75 Å². The van der Waals surface area contributed by atoms with Gasteiger partial charge in [0.2, 0.25) is 5.91 Å². The Balaban J connectivity index is 1.25. The first-order valence-corrected chi connectivity index (χ1v) is 11.4. The van der Waals surface area contributed by atoms with E-state index >= 15 is 0 Å². The van der Waals surface area contributed by atoms with E-state index in [0.717, 1.165) is 17.9 Å². The maximum absolute atomic E-state index is 12.7. The summed E-state index contributed by atoms with van der Waals surface area (Å²) >= 11 is 0. The zero-order valence-corrected chi connectivity index (χ0v) is 19.0. The predicted octanol–water partition coefficient (Wildman–Crippen LogP) is 3.83. The molecule has 1 heterocycles. The molecule has 3 aromatic rings. The van der Waals surface area contributed by atoms with E-state index in [2.05, 4.69) is 22.8 Å². The zero-order valence-electron chi connectivity index (χ0n) is 19.0. The minimum atomic E-state index is -0.202. The largest absolute Gasteiger partial charge is 0.493 e. The number of benzene rings is 3. The first-order valence-electron chi connectivity index (χ1n) is 11.4. The van der Waals surface area contributed by atoms with E-state index in [1.807, 2.05) is 42.5 Å². The Labute approximate surface area is 199 Å². The highest BCUT2D eigenvalue weighted by molar-refractivity contribution is 5.98. The summed E-state index contributed by atoms with van der Waals surface area (Å²) in [6.07, 6.45) is 0.827. The van der Waals surface area contributed by atoms with Crippen LogP contribution in [0.25, 0.3) is 0 Å². The molecule has 0 aromatic heterocycles. The number of nitrogens with one attached hydrogen (secondary N) is 2. The second-order valence-electron chi connectivity index (χ2n) is 8.00. The Morgan fingerprint density at radius 3 is 2.47 bits per heavy atom.